The normalized spacial score (nSPS) is 12.5. The number of amides is 1. The van der Waals surface area contributed by atoms with Gasteiger partial charge in [0.05, 0.1) is 17.3 Å². The molecule has 1 rings (SSSR count). The highest BCUT2D eigenvalue weighted by Gasteiger charge is 2.20. The third kappa shape index (κ3) is 4.67. The molecule has 0 spiro atoms. The van der Waals surface area contributed by atoms with Gasteiger partial charge in [-0.05, 0) is 32.6 Å². The van der Waals surface area contributed by atoms with Crippen LogP contribution in [-0.4, -0.2) is 33.9 Å². The summed E-state index contributed by atoms with van der Waals surface area (Å²) in [5, 5.41) is 16.0. The zero-order chi connectivity index (χ0) is 14.7. The van der Waals surface area contributed by atoms with Gasteiger partial charge in [-0.25, -0.2) is 0 Å². The summed E-state index contributed by atoms with van der Waals surface area (Å²) < 4.78 is 1.78. The first kappa shape index (κ1) is 15.7. The summed E-state index contributed by atoms with van der Waals surface area (Å²) >= 11 is 0. The number of aromatic nitrogens is 2. The molecule has 0 saturated heterocycles. The van der Waals surface area contributed by atoms with Crippen LogP contribution in [0.2, 0.25) is 0 Å². The maximum atomic E-state index is 12.0. The molecule has 0 aliphatic rings. The van der Waals surface area contributed by atoms with Crippen LogP contribution in [0.4, 0.5) is 0 Å². The third-order valence-electron chi connectivity index (χ3n) is 3.05. The first-order chi connectivity index (χ1) is 8.65. The average molecular weight is 267 g/mol. The van der Waals surface area contributed by atoms with Crippen molar-refractivity contribution in [2.75, 3.05) is 13.2 Å². The van der Waals surface area contributed by atoms with Gasteiger partial charge in [-0.1, -0.05) is 13.8 Å². The molecule has 1 aromatic heterocycles. The third-order valence-corrected chi connectivity index (χ3v) is 3.05. The summed E-state index contributed by atoms with van der Waals surface area (Å²) in [5.41, 5.74) is 0.328. The van der Waals surface area contributed by atoms with Gasteiger partial charge in [-0.15, -0.1) is 0 Å². The van der Waals surface area contributed by atoms with Gasteiger partial charge >= 0.3 is 0 Å². The van der Waals surface area contributed by atoms with E-state index in [1.807, 2.05) is 34.6 Å². The standard InChI is InChI=1S/C14H25N3O2/c1-13(2,3)17-9-11(8-16-17)12(19)15-10-14(4,5)6-7-18/h8-9,18H,6-7,10H2,1-5H3,(H,15,19). The minimum Gasteiger partial charge on any atom is -0.396 e. The summed E-state index contributed by atoms with van der Waals surface area (Å²) in [4.78, 5) is 12.0. The van der Waals surface area contributed by atoms with Gasteiger partial charge in [-0.2, -0.15) is 5.10 Å². The number of aliphatic hydroxyl groups excluding tert-OH is 1. The van der Waals surface area contributed by atoms with Crippen LogP contribution in [0.1, 0.15) is 51.4 Å². The zero-order valence-corrected chi connectivity index (χ0v) is 12.5. The fourth-order valence-corrected chi connectivity index (χ4v) is 1.62. The summed E-state index contributed by atoms with van der Waals surface area (Å²) in [6, 6.07) is 0. The van der Waals surface area contributed by atoms with Gasteiger partial charge in [-0.3, -0.25) is 9.48 Å². The number of nitrogens with one attached hydrogen (secondary N) is 1. The Kier molecular flexibility index (Phi) is 4.74. The fraction of sp³-hybridized carbons (Fsp3) is 0.714. The van der Waals surface area contributed by atoms with Crippen LogP contribution in [0.25, 0.3) is 0 Å². The second kappa shape index (κ2) is 5.74. The molecule has 0 atom stereocenters. The number of carbonyl (C=O) groups excluding carboxylic acids is 1. The molecule has 0 saturated carbocycles. The molecule has 0 unspecified atom stereocenters. The Morgan fingerprint density at radius 1 is 1.37 bits per heavy atom. The highest BCUT2D eigenvalue weighted by atomic mass is 16.3. The van der Waals surface area contributed by atoms with Crippen LogP contribution in [-0.2, 0) is 5.54 Å². The van der Waals surface area contributed by atoms with Gasteiger partial charge in [0, 0.05) is 19.3 Å². The van der Waals surface area contributed by atoms with E-state index in [4.69, 9.17) is 5.11 Å². The number of carbonyl (C=O) groups is 1. The molecule has 0 aliphatic heterocycles. The van der Waals surface area contributed by atoms with E-state index in [1.165, 1.54) is 0 Å². The lowest BCUT2D eigenvalue weighted by Gasteiger charge is -2.23. The molecule has 5 heteroatoms. The first-order valence-corrected chi connectivity index (χ1v) is 6.60. The van der Waals surface area contributed by atoms with Crippen molar-refractivity contribution in [2.45, 2.75) is 46.6 Å². The van der Waals surface area contributed by atoms with Crippen molar-refractivity contribution in [2.24, 2.45) is 5.41 Å². The molecular weight excluding hydrogens is 242 g/mol. The van der Waals surface area contributed by atoms with E-state index in [0.717, 1.165) is 0 Å². The molecule has 1 amide bonds. The van der Waals surface area contributed by atoms with Gasteiger partial charge in [0.15, 0.2) is 0 Å². The summed E-state index contributed by atoms with van der Waals surface area (Å²) in [6.07, 6.45) is 4.00. The monoisotopic (exact) mass is 267 g/mol. The van der Waals surface area contributed by atoms with Crippen LogP contribution < -0.4 is 5.32 Å². The number of hydrogen-bond acceptors (Lipinski definition) is 3. The fourth-order valence-electron chi connectivity index (χ4n) is 1.62. The van der Waals surface area contributed by atoms with Crippen molar-refractivity contribution in [3.8, 4) is 0 Å². The molecule has 19 heavy (non-hydrogen) atoms. The maximum absolute atomic E-state index is 12.0. The van der Waals surface area contributed by atoms with E-state index < -0.39 is 0 Å². The Labute approximate surface area is 115 Å². The van der Waals surface area contributed by atoms with Crippen molar-refractivity contribution >= 4 is 5.91 Å². The van der Waals surface area contributed by atoms with Crippen LogP contribution in [0.15, 0.2) is 12.4 Å². The summed E-state index contributed by atoms with van der Waals surface area (Å²) in [6.45, 7) is 10.8. The quantitative estimate of drug-likeness (QED) is 0.854. The van der Waals surface area contributed by atoms with Crippen LogP contribution >= 0.6 is 0 Å². The Balaban J connectivity index is 2.62. The number of nitrogens with zero attached hydrogens (tertiary/aromatic N) is 2. The van der Waals surface area contributed by atoms with Crippen molar-refractivity contribution < 1.29 is 9.90 Å². The molecule has 5 nitrogen and oxygen atoms in total. The lowest BCUT2D eigenvalue weighted by Crippen LogP contribution is -2.34. The van der Waals surface area contributed by atoms with Gasteiger partial charge in [0.2, 0.25) is 0 Å². The SMILES string of the molecule is CC(C)(CCO)CNC(=O)c1cnn(C(C)(C)C)c1. The maximum Gasteiger partial charge on any atom is 0.254 e. The Hall–Kier alpha value is -1.36. The average Bonchev–Trinajstić information content (AvgIpc) is 2.74. The van der Waals surface area contributed by atoms with E-state index in [-0.39, 0.29) is 23.5 Å². The van der Waals surface area contributed by atoms with E-state index >= 15 is 0 Å². The largest absolute Gasteiger partial charge is 0.396 e. The number of rotatable bonds is 5. The molecule has 1 heterocycles. The van der Waals surface area contributed by atoms with Crippen LogP contribution in [0.5, 0.6) is 0 Å². The first-order valence-electron chi connectivity index (χ1n) is 6.60. The highest BCUT2D eigenvalue weighted by Crippen LogP contribution is 2.18. The molecule has 1 aromatic rings. The lowest BCUT2D eigenvalue weighted by atomic mass is 9.90. The topological polar surface area (TPSA) is 67.2 Å². The predicted molar refractivity (Wildman–Crippen MR) is 75.0 cm³/mol. The second-order valence-corrected chi connectivity index (χ2v) is 6.66. The van der Waals surface area contributed by atoms with Crippen molar-refractivity contribution in [3.05, 3.63) is 18.0 Å². The molecule has 0 fully saturated rings. The Morgan fingerprint density at radius 3 is 2.47 bits per heavy atom. The zero-order valence-electron chi connectivity index (χ0n) is 12.5. The number of hydrogen-bond donors (Lipinski definition) is 2. The van der Waals surface area contributed by atoms with Gasteiger partial charge in [0.25, 0.3) is 5.91 Å². The minimum absolute atomic E-state index is 0.107. The molecule has 0 radical (unpaired) electrons. The molecule has 108 valence electrons. The minimum atomic E-state index is -0.130. The summed E-state index contributed by atoms with van der Waals surface area (Å²) in [5.74, 6) is -0.124. The van der Waals surface area contributed by atoms with E-state index in [1.54, 1.807) is 17.1 Å². The number of aliphatic hydroxyl groups is 1. The molecular formula is C14H25N3O2. The van der Waals surface area contributed by atoms with Crippen LogP contribution in [0.3, 0.4) is 0 Å². The van der Waals surface area contributed by atoms with Crippen molar-refractivity contribution in [1.29, 1.82) is 0 Å². The lowest BCUT2D eigenvalue weighted by molar-refractivity contribution is 0.0928. The molecule has 2 N–H and O–H groups in total. The van der Waals surface area contributed by atoms with E-state index in [2.05, 4.69) is 10.4 Å². The van der Waals surface area contributed by atoms with Gasteiger partial charge in [0.1, 0.15) is 0 Å². The van der Waals surface area contributed by atoms with Crippen molar-refractivity contribution in [1.82, 2.24) is 15.1 Å². The van der Waals surface area contributed by atoms with E-state index in [0.29, 0.717) is 18.5 Å². The van der Waals surface area contributed by atoms with Crippen molar-refractivity contribution in [3.63, 3.8) is 0 Å². The molecule has 0 aromatic carbocycles. The predicted octanol–water partition coefficient (Wildman–Crippen LogP) is 1.78. The Morgan fingerprint density at radius 2 is 2.00 bits per heavy atom. The van der Waals surface area contributed by atoms with Gasteiger partial charge < -0.3 is 10.4 Å². The van der Waals surface area contributed by atoms with Crippen LogP contribution in [0, 0.1) is 5.41 Å². The smallest absolute Gasteiger partial charge is 0.254 e. The summed E-state index contributed by atoms with van der Waals surface area (Å²) in [7, 11) is 0. The second-order valence-electron chi connectivity index (χ2n) is 6.66. The van der Waals surface area contributed by atoms with E-state index in [9.17, 15) is 4.79 Å². The highest BCUT2D eigenvalue weighted by molar-refractivity contribution is 5.93. The molecule has 0 bridgehead atoms. The Bertz CT molecular complexity index is 430. The molecule has 0 aliphatic carbocycles.